The molecule has 0 aromatic heterocycles. The lowest BCUT2D eigenvalue weighted by atomic mass is 9.73. The molecule has 0 radical (unpaired) electrons. The minimum absolute atomic E-state index is 0.0486. The predicted octanol–water partition coefficient (Wildman–Crippen LogP) is 2.72. The second kappa shape index (κ2) is 8.28. The standard InChI is InChI=1S/C20H29FN2O2/c1-16-3-2-11-23(15-16)12-10-22-19(24)20(8-13-25-14-9-20)17-4-6-18(21)7-5-17/h4-7,16H,2-3,8-15H2,1H3,(H,22,24)/t16-/m0/s1. The number of benzene rings is 1. The molecule has 0 aliphatic carbocycles. The van der Waals surface area contributed by atoms with Gasteiger partial charge < -0.3 is 15.0 Å². The molecule has 3 rings (SSSR count). The van der Waals surface area contributed by atoms with Crippen LogP contribution in [0.1, 0.15) is 38.2 Å². The van der Waals surface area contributed by atoms with E-state index in [9.17, 15) is 9.18 Å². The second-order valence-electron chi connectivity index (χ2n) is 7.51. The van der Waals surface area contributed by atoms with Gasteiger partial charge in [-0.15, -0.1) is 0 Å². The van der Waals surface area contributed by atoms with Gasteiger partial charge in [-0.3, -0.25) is 4.79 Å². The monoisotopic (exact) mass is 348 g/mol. The summed E-state index contributed by atoms with van der Waals surface area (Å²) in [5.41, 5.74) is 0.294. The molecule has 5 heteroatoms. The van der Waals surface area contributed by atoms with Crippen molar-refractivity contribution >= 4 is 5.91 Å². The quantitative estimate of drug-likeness (QED) is 0.890. The minimum atomic E-state index is -0.596. The summed E-state index contributed by atoms with van der Waals surface area (Å²) in [7, 11) is 0. The summed E-state index contributed by atoms with van der Waals surface area (Å²) in [6, 6.07) is 6.36. The largest absolute Gasteiger partial charge is 0.381 e. The number of amides is 1. The zero-order valence-corrected chi connectivity index (χ0v) is 15.1. The van der Waals surface area contributed by atoms with Crippen LogP contribution in [0.15, 0.2) is 24.3 Å². The number of carbonyl (C=O) groups is 1. The first-order chi connectivity index (χ1) is 12.1. The van der Waals surface area contributed by atoms with E-state index in [0.29, 0.717) is 32.6 Å². The van der Waals surface area contributed by atoms with Crippen LogP contribution in [-0.2, 0) is 14.9 Å². The highest BCUT2D eigenvalue weighted by Gasteiger charge is 2.41. The van der Waals surface area contributed by atoms with Crippen molar-refractivity contribution in [3.05, 3.63) is 35.6 Å². The third-order valence-electron chi connectivity index (χ3n) is 5.63. The topological polar surface area (TPSA) is 41.6 Å². The van der Waals surface area contributed by atoms with E-state index < -0.39 is 5.41 Å². The van der Waals surface area contributed by atoms with Crippen LogP contribution in [0.4, 0.5) is 4.39 Å². The normalized spacial score (nSPS) is 24.0. The van der Waals surface area contributed by atoms with Crippen LogP contribution in [-0.4, -0.2) is 50.2 Å². The zero-order valence-electron chi connectivity index (χ0n) is 15.1. The molecule has 0 saturated carbocycles. The molecule has 1 aromatic carbocycles. The number of nitrogens with zero attached hydrogens (tertiary/aromatic N) is 1. The number of hydrogen-bond donors (Lipinski definition) is 1. The molecule has 2 fully saturated rings. The molecule has 1 atom stereocenters. The van der Waals surface area contributed by atoms with E-state index in [4.69, 9.17) is 4.74 Å². The van der Waals surface area contributed by atoms with Gasteiger partial charge in [0.1, 0.15) is 5.82 Å². The molecule has 0 unspecified atom stereocenters. The van der Waals surface area contributed by atoms with Gasteiger partial charge in [-0.2, -0.15) is 0 Å². The molecule has 2 saturated heterocycles. The number of piperidine rings is 1. The van der Waals surface area contributed by atoms with Gasteiger partial charge in [0.25, 0.3) is 0 Å². The number of hydrogen-bond acceptors (Lipinski definition) is 3. The number of halogens is 1. The first kappa shape index (κ1) is 18.3. The molecule has 1 N–H and O–H groups in total. The van der Waals surface area contributed by atoms with Gasteiger partial charge in [-0.05, 0) is 55.8 Å². The summed E-state index contributed by atoms with van der Waals surface area (Å²) in [6.45, 7) is 7.21. The molecule has 138 valence electrons. The van der Waals surface area contributed by atoms with Crippen molar-refractivity contribution in [2.24, 2.45) is 5.92 Å². The Hall–Kier alpha value is -1.46. The van der Waals surface area contributed by atoms with E-state index in [1.54, 1.807) is 12.1 Å². The summed E-state index contributed by atoms with van der Waals surface area (Å²) in [5.74, 6) is 0.517. The van der Waals surface area contributed by atoms with Crippen LogP contribution in [0, 0.1) is 11.7 Å². The first-order valence-corrected chi connectivity index (χ1v) is 9.45. The molecule has 2 aliphatic rings. The highest BCUT2D eigenvalue weighted by atomic mass is 19.1. The van der Waals surface area contributed by atoms with Crippen molar-refractivity contribution in [2.75, 3.05) is 39.4 Å². The average Bonchev–Trinajstić information content (AvgIpc) is 2.63. The maximum atomic E-state index is 13.3. The fourth-order valence-electron chi connectivity index (χ4n) is 4.12. The number of carbonyl (C=O) groups excluding carboxylic acids is 1. The van der Waals surface area contributed by atoms with Crippen molar-refractivity contribution in [2.45, 2.75) is 38.0 Å². The lowest BCUT2D eigenvalue weighted by molar-refractivity contribution is -0.130. The summed E-state index contributed by atoms with van der Waals surface area (Å²) in [4.78, 5) is 15.5. The molecule has 2 aliphatic heterocycles. The van der Waals surface area contributed by atoms with Crippen molar-refractivity contribution in [1.82, 2.24) is 10.2 Å². The van der Waals surface area contributed by atoms with Gasteiger partial charge in [-0.1, -0.05) is 19.1 Å². The van der Waals surface area contributed by atoms with Crippen LogP contribution in [0.25, 0.3) is 0 Å². The van der Waals surface area contributed by atoms with Gasteiger partial charge >= 0.3 is 0 Å². The van der Waals surface area contributed by atoms with Gasteiger partial charge in [0.2, 0.25) is 5.91 Å². The average molecular weight is 348 g/mol. The molecular weight excluding hydrogens is 319 g/mol. The Morgan fingerprint density at radius 2 is 2.04 bits per heavy atom. The Labute approximate surface area is 149 Å². The number of likely N-dealkylation sites (tertiary alicyclic amines) is 1. The molecule has 25 heavy (non-hydrogen) atoms. The number of nitrogens with one attached hydrogen (secondary N) is 1. The maximum absolute atomic E-state index is 13.3. The lowest BCUT2D eigenvalue weighted by Gasteiger charge is -2.37. The molecular formula is C20H29FN2O2. The lowest BCUT2D eigenvalue weighted by Crippen LogP contribution is -2.50. The highest BCUT2D eigenvalue weighted by Crippen LogP contribution is 2.35. The SMILES string of the molecule is C[C@H]1CCCN(CCNC(=O)C2(c3ccc(F)cc3)CCOCC2)C1. The number of ether oxygens (including phenoxy) is 1. The fourth-order valence-corrected chi connectivity index (χ4v) is 4.12. The van der Waals surface area contributed by atoms with Gasteiger partial charge in [0.15, 0.2) is 0 Å². The van der Waals surface area contributed by atoms with Crippen LogP contribution < -0.4 is 5.32 Å². The molecule has 1 amide bonds. The summed E-state index contributed by atoms with van der Waals surface area (Å²) >= 11 is 0. The Kier molecular flexibility index (Phi) is 6.07. The van der Waals surface area contributed by atoms with Crippen LogP contribution in [0.5, 0.6) is 0 Å². The number of rotatable bonds is 5. The van der Waals surface area contributed by atoms with E-state index in [2.05, 4.69) is 17.1 Å². The van der Waals surface area contributed by atoms with Crippen molar-refractivity contribution in [3.8, 4) is 0 Å². The maximum Gasteiger partial charge on any atom is 0.230 e. The molecule has 1 aromatic rings. The Bertz CT molecular complexity index is 570. The second-order valence-corrected chi connectivity index (χ2v) is 7.51. The highest BCUT2D eigenvalue weighted by molar-refractivity contribution is 5.88. The Morgan fingerprint density at radius 3 is 2.72 bits per heavy atom. The van der Waals surface area contributed by atoms with E-state index in [-0.39, 0.29) is 11.7 Å². The molecule has 0 spiro atoms. The van der Waals surface area contributed by atoms with E-state index in [0.717, 1.165) is 31.1 Å². The summed E-state index contributed by atoms with van der Waals surface area (Å²) in [6.07, 6.45) is 3.83. The molecule has 2 heterocycles. The first-order valence-electron chi connectivity index (χ1n) is 9.45. The van der Waals surface area contributed by atoms with Crippen LogP contribution in [0.3, 0.4) is 0 Å². The van der Waals surface area contributed by atoms with Crippen LogP contribution >= 0.6 is 0 Å². The Balaban J connectivity index is 1.62. The third-order valence-corrected chi connectivity index (χ3v) is 5.63. The summed E-state index contributed by atoms with van der Waals surface area (Å²) in [5, 5.41) is 3.14. The van der Waals surface area contributed by atoms with Gasteiger partial charge in [0.05, 0.1) is 5.41 Å². The predicted molar refractivity (Wildman–Crippen MR) is 96.0 cm³/mol. The molecule has 4 nitrogen and oxygen atoms in total. The van der Waals surface area contributed by atoms with E-state index >= 15 is 0 Å². The van der Waals surface area contributed by atoms with Gasteiger partial charge in [0, 0.05) is 32.8 Å². The zero-order chi connectivity index (χ0) is 17.7. The van der Waals surface area contributed by atoms with E-state index in [1.165, 1.54) is 25.0 Å². The van der Waals surface area contributed by atoms with E-state index in [1.807, 2.05) is 0 Å². The Morgan fingerprint density at radius 1 is 1.32 bits per heavy atom. The van der Waals surface area contributed by atoms with Gasteiger partial charge in [-0.25, -0.2) is 4.39 Å². The smallest absolute Gasteiger partial charge is 0.230 e. The van der Waals surface area contributed by atoms with Crippen molar-refractivity contribution in [1.29, 1.82) is 0 Å². The molecule has 0 bridgehead atoms. The summed E-state index contributed by atoms with van der Waals surface area (Å²) < 4.78 is 18.8. The minimum Gasteiger partial charge on any atom is -0.381 e. The fraction of sp³-hybridized carbons (Fsp3) is 0.650. The third kappa shape index (κ3) is 4.39. The van der Waals surface area contributed by atoms with Crippen LogP contribution in [0.2, 0.25) is 0 Å². The van der Waals surface area contributed by atoms with Crippen molar-refractivity contribution < 1.29 is 13.9 Å². The van der Waals surface area contributed by atoms with Crippen molar-refractivity contribution in [3.63, 3.8) is 0 Å².